The average molecular weight is 529 g/mol. The molecule has 5 saturated heterocycles. The van der Waals surface area contributed by atoms with Gasteiger partial charge in [0.2, 0.25) is 5.79 Å². The van der Waals surface area contributed by atoms with Crippen LogP contribution in [-0.4, -0.2) is 74.1 Å². The molecule has 0 aromatic heterocycles. The first kappa shape index (κ1) is 23.7. The van der Waals surface area contributed by atoms with E-state index in [1.54, 1.807) is 19.9 Å². The molecule has 5 heterocycles. The topological polar surface area (TPSA) is 149 Å². The molecule has 0 radical (unpaired) electrons. The Morgan fingerprint density at radius 1 is 1.03 bits per heavy atom. The minimum atomic E-state index is -2.43. The summed E-state index contributed by atoms with van der Waals surface area (Å²) in [6.07, 6.45) is 3.09. The molecule has 204 valence electrons. The Kier molecular flexibility index (Phi) is 3.82. The molecule has 2 saturated carbocycles. The second-order valence-corrected chi connectivity index (χ2v) is 13.7. The molecule has 8 rings (SSSR count). The Balaban J connectivity index is 1.39. The third-order valence-electron chi connectivity index (χ3n) is 12.7. The normalized spacial score (nSPS) is 63.0. The fourth-order valence-corrected chi connectivity index (χ4v) is 10.4. The summed E-state index contributed by atoms with van der Waals surface area (Å²) >= 11 is 0. The van der Waals surface area contributed by atoms with Gasteiger partial charge in [-0.1, -0.05) is 19.9 Å². The summed E-state index contributed by atoms with van der Waals surface area (Å²) in [5.41, 5.74) is -8.89. The molecule has 0 amide bonds. The van der Waals surface area contributed by atoms with Gasteiger partial charge in [0.15, 0.2) is 28.4 Å². The standard InChI is InChI=1S/C28H32O10/c1-12-20(31)35-17-11-22(12,2)18-19(30)27(34)14-10-16-26(36-16)8-5-6-15(29)23(26,3)13(14)7-9-25(33)21(32)37-24(17,4)28(18,25)38-27/h5-6,12-14,16-18,33-34H,7-11H2,1-4H3/t12-,13?,14?,16?,17+,18?,22+,23-,24-,25?,26?,27+,28-/m0/s1. The molecule has 0 aromatic rings. The van der Waals surface area contributed by atoms with Crippen molar-refractivity contribution in [2.45, 2.75) is 100 Å². The van der Waals surface area contributed by atoms with Crippen LogP contribution in [0.25, 0.3) is 0 Å². The zero-order chi connectivity index (χ0) is 27.1. The minimum absolute atomic E-state index is 0.138. The van der Waals surface area contributed by atoms with Crippen molar-refractivity contribution in [2.75, 3.05) is 0 Å². The Morgan fingerprint density at radius 3 is 2.50 bits per heavy atom. The van der Waals surface area contributed by atoms with Crippen molar-refractivity contribution in [1.29, 1.82) is 0 Å². The predicted molar refractivity (Wildman–Crippen MR) is 124 cm³/mol. The number of allylic oxidation sites excluding steroid dienone is 1. The summed E-state index contributed by atoms with van der Waals surface area (Å²) in [6.45, 7) is 6.79. The molecule has 10 heteroatoms. The number of aliphatic hydroxyl groups is 2. The van der Waals surface area contributed by atoms with E-state index in [0.717, 1.165) is 0 Å². The van der Waals surface area contributed by atoms with E-state index in [1.165, 1.54) is 13.0 Å². The highest BCUT2D eigenvalue weighted by molar-refractivity contribution is 6.00. The third-order valence-corrected chi connectivity index (χ3v) is 12.7. The van der Waals surface area contributed by atoms with Crippen LogP contribution >= 0.6 is 0 Å². The van der Waals surface area contributed by atoms with Crippen molar-refractivity contribution in [2.24, 2.45) is 34.5 Å². The predicted octanol–water partition coefficient (Wildman–Crippen LogP) is 0.750. The van der Waals surface area contributed by atoms with E-state index in [0.29, 0.717) is 12.8 Å². The highest BCUT2D eigenvalue weighted by Crippen LogP contribution is 2.75. The van der Waals surface area contributed by atoms with E-state index >= 15 is 0 Å². The number of fused-ring (bicyclic) bond motifs is 8. The number of esters is 2. The molecule has 8 aliphatic rings. The second-order valence-electron chi connectivity index (χ2n) is 13.7. The highest BCUT2D eigenvalue weighted by Gasteiger charge is 2.92. The van der Waals surface area contributed by atoms with Gasteiger partial charge in [-0.25, -0.2) is 4.79 Å². The fourth-order valence-electron chi connectivity index (χ4n) is 10.4. The molecular formula is C28H32O10. The van der Waals surface area contributed by atoms with Crippen molar-refractivity contribution >= 4 is 23.5 Å². The van der Waals surface area contributed by atoms with E-state index < -0.39 is 86.5 Å². The third kappa shape index (κ3) is 1.95. The Morgan fingerprint density at radius 2 is 1.76 bits per heavy atom. The maximum Gasteiger partial charge on any atom is 0.342 e. The lowest BCUT2D eigenvalue weighted by molar-refractivity contribution is -0.348. The summed E-state index contributed by atoms with van der Waals surface area (Å²) in [4.78, 5) is 54.9. The zero-order valence-electron chi connectivity index (χ0n) is 21.8. The van der Waals surface area contributed by atoms with Crippen LogP contribution < -0.4 is 0 Å². The molecule has 2 spiro atoms. The summed E-state index contributed by atoms with van der Waals surface area (Å²) in [6, 6.07) is 0. The summed E-state index contributed by atoms with van der Waals surface area (Å²) in [7, 11) is 0. The van der Waals surface area contributed by atoms with E-state index in [2.05, 4.69) is 0 Å². The number of hydrogen-bond acceptors (Lipinski definition) is 10. The van der Waals surface area contributed by atoms with Crippen molar-refractivity contribution in [3.05, 3.63) is 12.2 Å². The number of carbonyl (C=O) groups is 4. The van der Waals surface area contributed by atoms with Crippen LogP contribution in [0.4, 0.5) is 0 Å². The molecule has 0 aromatic carbocycles. The Hall–Kier alpha value is -2.14. The molecule has 3 aliphatic carbocycles. The van der Waals surface area contributed by atoms with Crippen molar-refractivity contribution < 1.29 is 48.3 Å². The summed E-state index contributed by atoms with van der Waals surface area (Å²) in [5.74, 6) is -8.17. The van der Waals surface area contributed by atoms with Gasteiger partial charge in [-0.15, -0.1) is 0 Å². The average Bonchev–Trinajstić information content (AvgIpc) is 3.45. The SMILES string of the molecule is C[C@H]1C(=O)O[C@@H]2C[C@@]1(C)C1C(=O)[C@]3(O)O[C@@]14C(O)(CCC1C3CC3OC35CC=CC(=O)[C@]15C)C(=O)O[C@@]24C. The van der Waals surface area contributed by atoms with E-state index in [1.807, 2.05) is 6.92 Å². The van der Waals surface area contributed by atoms with Crippen LogP contribution in [0.15, 0.2) is 12.2 Å². The molecule has 4 bridgehead atoms. The second kappa shape index (κ2) is 6.11. The quantitative estimate of drug-likeness (QED) is 0.341. The van der Waals surface area contributed by atoms with Crippen molar-refractivity contribution in [3.63, 3.8) is 0 Å². The van der Waals surface area contributed by atoms with Crippen LogP contribution in [-0.2, 0) is 38.1 Å². The van der Waals surface area contributed by atoms with Gasteiger partial charge in [0.05, 0.1) is 23.4 Å². The van der Waals surface area contributed by atoms with Gasteiger partial charge in [0, 0.05) is 5.92 Å². The lowest BCUT2D eigenvalue weighted by Crippen LogP contribution is -2.78. The van der Waals surface area contributed by atoms with Crippen molar-refractivity contribution in [1.82, 2.24) is 0 Å². The molecule has 2 N–H and O–H groups in total. The zero-order valence-corrected chi connectivity index (χ0v) is 21.8. The van der Waals surface area contributed by atoms with Crippen LogP contribution in [0, 0.1) is 34.5 Å². The van der Waals surface area contributed by atoms with Gasteiger partial charge in [0.1, 0.15) is 11.7 Å². The largest absolute Gasteiger partial charge is 0.458 e. The van der Waals surface area contributed by atoms with Crippen LogP contribution in [0.3, 0.4) is 0 Å². The van der Waals surface area contributed by atoms with E-state index in [4.69, 9.17) is 18.9 Å². The Bertz CT molecular complexity index is 1310. The fraction of sp³-hybridized carbons (Fsp3) is 0.786. The number of ketones is 2. The molecule has 5 aliphatic heterocycles. The number of rotatable bonds is 0. The number of epoxide rings is 1. The first-order valence-electron chi connectivity index (χ1n) is 13.7. The Labute approximate surface area is 219 Å². The number of carbonyl (C=O) groups excluding carboxylic acids is 4. The van der Waals surface area contributed by atoms with Crippen LogP contribution in [0.2, 0.25) is 0 Å². The maximum atomic E-state index is 14.7. The van der Waals surface area contributed by atoms with Gasteiger partial charge >= 0.3 is 11.9 Å². The van der Waals surface area contributed by atoms with Gasteiger partial charge in [0.25, 0.3) is 0 Å². The monoisotopic (exact) mass is 528 g/mol. The van der Waals surface area contributed by atoms with Crippen LogP contribution in [0.1, 0.15) is 59.8 Å². The highest BCUT2D eigenvalue weighted by atomic mass is 16.7. The lowest BCUT2D eigenvalue weighted by atomic mass is 9.46. The summed E-state index contributed by atoms with van der Waals surface area (Å²) < 4.78 is 24.4. The number of Topliss-reactive ketones (excluding diaryl/α,β-unsaturated/α-hetero) is 1. The summed E-state index contributed by atoms with van der Waals surface area (Å²) in [5, 5.41) is 24.8. The van der Waals surface area contributed by atoms with E-state index in [-0.39, 0.29) is 31.1 Å². The molecular weight excluding hydrogens is 496 g/mol. The molecule has 10 nitrogen and oxygen atoms in total. The molecule has 38 heavy (non-hydrogen) atoms. The molecule has 13 atom stereocenters. The van der Waals surface area contributed by atoms with Gasteiger partial charge in [-0.05, 0) is 63.4 Å². The van der Waals surface area contributed by atoms with Crippen molar-refractivity contribution in [3.8, 4) is 0 Å². The maximum absolute atomic E-state index is 14.7. The van der Waals surface area contributed by atoms with Crippen LogP contribution in [0.5, 0.6) is 0 Å². The molecule has 6 unspecified atom stereocenters. The lowest BCUT2D eigenvalue weighted by Gasteiger charge is -2.61. The smallest absolute Gasteiger partial charge is 0.342 e. The number of ether oxygens (including phenoxy) is 4. The minimum Gasteiger partial charge on any atom is -0.458 e. The number of hydrogen-bond donors (Lipinski definition) is 2. The first-order valence-corrected chi connectivity index (χ1v) is 13.7. The van der Waals surface area contributed by atoms with Gasteiger partial charge in [-0.3, -0.25) is 14.4 Å². The molecule has 7 fully saturated rings. The first-order chi connectivity index (χ1) is 17.7. The van der Waals surface area contributed by atoms with Gasteiger partial charge in [-0.2, -0.15) is 0 Å². The van der Waals surface area contributed by atoms with E-state index in [9.17, 15) is 29.4 Å². The van der Waals surface area contributed by atoms with Gasteiger partial charge < -0.3 is 29.2 Å².